The van der Waals surface area contributed by atoms with Gasteiger partial charge in [0, 0.05) is 22.2 Å². The molecule has 0 radical (unpaired) electrons. The highest BCUT2D eigenvalue weighted by molar-refractivity contribution is 8.29. The molecule has 0 saturated carbocycles. The van der Waals surface area contributed by atoms with E-state index in [0.29, 0.717) is 10.00 Å². The maximum absolute atomic E-state index is 10.9. The first-order valence-electron chi connectivity index (χ1n) is 5.01. The summed E-state index contributed by atoms with van der Waals surface area (Å²) in [6, 6.07) is 0. The summed E-state index contributed by atoms with van der Waals surface area (Å²) in [5, 5.41) is 0.643. The number of rotatable bonds is 5. The van der Waals surface area contributed by atoms with E-state index in [1.807, 2.05) is 11.8 Å². The van der Waals surface area contributed by atoms with Crippen molar-refractivity contribution in [3.8, 4) is 0 Å². The number of fused-ring (bicyclic) bond motifs is 1. The summed E-state index contributed by atoms with van der Waals surface area (Å²) in [4.78, 5) is 0. The van der Waals surface area contributed by atoms with Crippen molar-refractivity contribution in [1.82, 2.24) is 0 Å². The molecule has 1 aliphatic carbocycles. The van der Waals surface area contributed by atoms with E-state index < -0.39 is 8.77 Å². The van der Waals surface area contributed by atoms with Crippen molar-refractivity contribution in [1.29, 1.82) is 0 Å². The Kier molecular flexibility index (Phi) is 3.26. The van der Waals surface area contributed by atoms with Gasteiger partial charge in [0.15, 0.2) is 0 Å². The van der Waals surface area contributed by atoms with Gasteiger partial charge in [-0.25, -0.2) is 4.21 Å². The molecule has 3 unspecified atom stereocenters. The second-order valence-electron chi connectivity index (χ2n) is 3.98. The van der Waals surface area contributed by atoms with Crippen LogP contribution in [0.4, 0.5) is 0 Å². The number of thioether (sulfide) groups is 1. The Morgan fingerprint density at radius 1 is 1.47 bits per heavy atom. The zero-order valence-corrected chi connectivity index (χ0v) is 10.7. The summed E-state index contributed by atoms with van der Waals surface area (Å²) in [7, 11) is -2.94. The lowest BCUT2D eigenvalue weighted by atomic mass is 9.95. The molecule has 1 aliphatic heterocycles. The molecular weight excluding hydrogens is 248 g/mol. The highest BCUT2D eigenvalue weighted by Crippen LogP contribution is 2.59. The van der Waals surface area contributed by atoms with E-state index >= 15 is 0 Å². The first-order chi connectivity index (χ1) is 7.02. The van der Waals surface area contributed by atoms with Crippen LogP contribution in [-0.2, 0) is 20.0 Å². The standard InChI is InChI=1S/C10H14O2S3/c11-15(12,13)8-4-3-7-10-6-2-1-5-9(10)14-10/h1-2,5-6,9H,3-4,7-8H2,(H,11,12,13). The van der Waals surface area contributed by atoms with Crippen molar-refractivity contribution in [2.45, 2.75) is 29.3 Å². The van der Waals surface area contributed by atoms with Gasteiger partial charge in [0.05, 0.1) is 4.75 Å². The summed E-state index contributed by atoms with van der Waals surface area (Å²) >= 11 is 6.42. The summed E-state index contributed by atoms with van der Waals surface area (Å²) in [6.07, 6.45) is 11.5. The molecule has 15 heavy (non-hydrogen) atoms. The molecule has 2 rings (SSSR count). The van der Waals surface area contributed by atoms with Crippen LogP contribution in [0, 0.1) is 0 Å². The lowest BCUT2D eigenvalue weighted by Crippen LogP contribution is -2.12. The second-order valence-corrected chi connectivity index (χ2v) is 8.62. The van der Waals surface area contributed by atoms with E-state index in [0.717, 1.165) is 19.3 Å². The van der Waals surface area contributed by atoms with Crippen molar-refractivity contribution < 1.29 is 8.76 Å². The van der Waals surface area contributed by atoms with Gasteiger partial charge in [0.25, 0.3) is 0 Å². The highest BCUT2D eigenvalue weighted by atomic mass is 32.8. The smallest absolute Gasteiger partial charge is 0.141 e. The molecule has 1 saturated heterocycles. The fourth-order valence-corrected chi connectivity index (χ4v) is 4.08. The Balaban J connectivity index is 1.72. The number of hydrogen-bond donors (Lipinski definition) is 1. The summed E-state index contributed by atoms with van der Waals surface area (Å²) < 4.78 is 20.1. The Morgan fingerprint density at radius 2 is 2.27 bits per heavy atom. The van der Waals surface area contributed by atoms with E-state index in [2.05, 4.69) is 35.5 Å². The average Bonchev–Trinajstić information content (AvgIpc) is 2.86. The maximum atomic E-state index is 10.9. The normalized spacial score (nSPS) is 35.9. The molecule has 0 aromatic rings. The minimum absolute atomic E-state index is 0.257. The molecule has 0 bridgehead atoms. The van der Waals surface area contributed by atoms with Crippen LogP contribution in [0.15, 0.2) is 24.3 Å². The summed E-state index contributed by atoms with van der Waals surface area (Å²) in [6.45, 7) is 0. The molecule has 84 valence electrons. The van der Waals surface area contributed by atoms with Crippen LogP contribution in [0.5, 0.6) is 0 Å². The first-order valence-corrected chi connectivity index (χ1v) is 8.50. The van der Waals surface area contributed by atoms with Crippen molar-refractivity contribution in [3.63, 3.8) is 0 Å². The molecule has 1 N–H and O–H groups in total. The Hall–Kier alpha value is 0.160. The molecule has 3 atom stereocenters. The van der Waals surface area contributed by atoms with E-state index in [-0.39, 0.29) is 5.75 Å². The van der Waals surface area contributed by atoms with Gasteiger partial charge < -0.3 is 4.55 Å². The zero-order chi connectivity index (χ0) is 10.9. The molecule has 0 aromatic heterocycles. The predicted octanol–water partition coefficient (Wildman–Crippen LogP) is 2.36. The SMILES string of the molecule is O=S(O)(=S)CCCCC12C=CC=CC1S2. The van der Waals surface area contributed by atoms with Crippen LogP contribution < -0.4 is 0 Å². The third-order valence-corrected chi connectivity index (χ3v) is 5.68. The minimum Gasteiger partial charge on any atom is -0.306 e. The average molecular weight is 262 g/mol. The molecule has 2 aliphatic rings. The Labute approximate surface area is 99.7 Å². The minimum atomic E-state index is -2.94. The van der Waals surface area contributed by atoms with Gasteiger partial charge in [-0.15, -0.1) is 11.8 Å². The van der Waals surface area contributed by atoms with Crippen LogP contribution >= 0.6 is 11.8 Å². The number of hydrogen-bond acceptors (Lipinski definition) is 3. The molecule has 5 heteroatoms. The van der Waals surface area contributed by atoms with Gasteiger partial charge in [-0.2, -0.15) is 0 Å². The third kappa shape index (κ3) is 3.06. The molecule has 0 aromatic carbocycles. The largest absolute Gasteiger partial charge is 0.306 e. The van der Waals surface area contributed by atoms with Crippen molar-refractivity contribution >= 4 is 31.7 Å². The summed E-state index contributed by atoms with van der Waals surface area (Å²) in [5.41, 5.74) is 0. The fraction of sp³-hybridized carbons (Fsp3) is 0.600. The van der Waals surface area contributed by atoms with Crippen molar-refractivity contribution in [2.75, 3.05) is 5.75 Å². The van der Waals surface area contributed by atoms with Gasteiger partial charge in [-0.05, 0) is 12.8 Å². The Morgan fingerprint density at radius 3 is 2.93 bits per heavy atom. The highest BCUT2D eigenvalue weighted by Gasteiger charge is 2.51. The topological polar surface area (TPSA) is 37.3 Å². The van der Waals surface area contributed by atoms with Gasteiger partial charge in [-0.3, -0.25) is 0 Å². The van der Waals surface area contributed by atoms with Crippen LogP contribution in [0.25, 0.3) is 0 Å². The second kappa shape index (κ2) is 4.20. The van der Waals surface area contributed by atoms with Gasteiger partial charge in [-0.1, -0.05) is 30.7 Å². The van der Waals surface area contributed by atoms with Crippen molar-refractivity contribution in [2.24, 2.45) is 0 Å². The van der Waals surface area contributed by atoms with E-state index in [1.54, 1.807) is 0 Å². The van der Waals surface area contributed by atoms with Gasteiger partial charge in [0.1, 0.15) is 8.77 Å². The number of allylic oxidation sites excluding steroid dienone is 2. The molecule has 1 fully saturated rings. The molecular formula is C10H14O2S3. The zero-order valence-electron chi connectivity index (χ0n) is 8.30. The third-order valence-electron chi connectivity index (χ3n) is 2.77. The van der Waals surface area contributed by atoms with Crippen LogP contribution in [0.3, 0.4) is 0 Å². The monoisotopic (exact) mass is 262 g/mol. The summed E-state index contributed by atoms with van der Waals surface area (Å²) in [5.74, 6) is 0.257. The van der Waals surface area contributed by atoms with E-state index in [1.165, 1.54) is 0 Å². The van der Waals surface area contributed by atoms with Gasteiger partial charge >= 0.3 is 0 Å². The molecule has 0 amide bonds. The molecule has 0 spiro atoms. The first kappa shape index (κ1) is 11.6. The van der Waals surface area contributed by atoms with Crippen molar-refractivity contribution in [3.05, 3.63) is 24.3 Å². The van der Waals surface area contributed by atoms with Crippen LogP contribution in [-0.4, -0.2) is 24.5 Å². The van der Waals surface area contributed by atoms with Gasteiger partial charge in [0.2, 0.25) is 0 Å². The van der Waals surface area contributed by atoms with E-state index in [9.17, 15) is 4.21 Å². The number of unbranched alkanes of at least 4 members (excludes halogenated alkanes) is 1. The van der Waals surface area contributed by atoms with E-state index in [4.69, 9.17) is 4.55 Å². The molecule has 1 heterocycles. The fourth-order valence-electron chi connectivity index (χ4n) is 1.89. The quantitative estimate of drug-likeness (QED) is 0.609. The van der Waals surface area contributed by atoms with Crippen LogP contribution in [0.1, 0.15) is 19.3 Å². The lowest BCUT2D eigenvalue weighted by Gasteiger charge is -2.10. The van der Waals surface area contributed by atoms with Crippen LogP contribution in [0.2, 0.25) is 0 Å². The lowest BCUT2D eigenvalue weighted by molar-refractivity contribution is 0.554. The maximum Gasteiger partial charge on any atom is 0.141 e. The molecule has 2 nitrogen and oxygen atoms in total. The Bertz CT molecular complexity index is 397. The predicted molar refractivity (Wildman–Crippen MR) is 69.2 cm³/mol.